The lowest BCUT2D eigenvalue weighted by Gasteiger charge is -2.16. The number of hydrogen-bond acceptors (Lipinski definition) is 5. The van der Waals surface area contributed by atoms with Crippen LogP contribution in [0.3, 0.4) is 0 Å². The summed E-state index contributed by atoms with van der Waals surface area (Å²) in [6.45, 7) is 0.0603. The number of nitrogens with one attached hydrogen (secondary N) is 2. The number of amides is 1. The van der Waals surface area contributed by atoms with Gasteiger partial charge < -0.3 is 11.1 Å². The molecular weight excluding hydrogens is 357 g/mol. The molecule has 21 heavy (non-hydrogen) atoms. The standard InChI is InChI=1S/C11H16ClN3O3S2.ClH/c12-9-3-4-11(19-9)20(17,18)14-6-10(16)15-8(5-13)7-1-2-7;/h3-4,7-8,14H,1-2,5-6,13H2,(H,15,16);1H. The molecule has 1 saturated carbocycles. The molecule has 1 fully saturated rings. The first-order valence-corrected chi connectivity index (χ1v) is 8.84. The van der Waals surface area contributed by atoms with Crippen molar-refractivity contribution in [1.29, 1.82) is 0 Å². The van der Waals surface area contributed by atoms with Crippen LogP contribution in [0.1, 0.15) is 12.8 Å². The molecule has 10 heteroatoms. The third kappa shape index (κ3) is 5.39. The smallest absolute Gasteiger partial charge is 0.250 e. The molecule has 0 aromatic carbocycles. The van der Waals surface area contributed by atoms with E-state index in [1.54, 1.807) is 0 Å². The molecule has 1 amide bonds. The molecular formula is C11H17Cl2N3O3S2. The highest BCUT2D eigenvalue weighted by molar-refractivity contribution is 7.91. The van der Waals surface area contributed by atoms with Crippen molar-refractivity contribution in [2.24, 2.45) is 11.7 Å². The number of carbonyl (C=O) groups excluding carboxylic acids is 1. The number of carbonyl (C=O) groups is 1. The predicted octanol–water partition coefficient (Wildman–Crippen LogP) is 0.955. The number of thiophene rings is 1. The van der Waals surface area contributed by atoms with Crippen LogP contribution in [0.5, 0.6) is 0 Å². The van der Waals surface area contributed by atoms with Crippen molar-refractivity contribution in [3.63, 3.8) is 0 Å². The van der Waals surface area contributed by atoms with Crippen molar-refractivity contribution >= 4 is 51.3 Å². The molecule has 0 spiro atoms. The molecule has 0 saturated heterocycles. The summed E-state index contributed by atoms with van der Waals surface area (Å²) in [6.07, 6.45) is 2.11. The Morgan fingerprint density at radius 2 is 2.14 bits per heavy atom. The summed E-state index contributed by atoms with van der Waals surface area (Å²) in [4.78, 5) is 11.7. The molecule has 0 radical (unpaired) electrons. The average Bonchev–Trinajstić information content (AvgIpc) is 3.15. The summed E-state index contributed by atoms with van der Waals surface area (Å²) in [7, 11) is -3.69. The Balaban J connectivity index is 0.00000220. The minimum absolute atomic E-state index is 0. The van der Waals surface area contributed by atoms with Gasteiger partial charge in [0, 0.05) is 12.6 Å². The van der Waals surface area contributed by atoms with E-state index in [1.165, 1.54) is 12.1 Å². The van der Waals surface area contributed by atoms with E-state index in [1.807, 2.05) is 0 Å². The zero-order chi connectivity index (χ0) is 14.8. The van der Waals surface area contributed by atoms with Gasteiger partial charge in [-0.1, -0.05) is 11.6 Å². The Bertz CT molecular complexity index is 587. The zero-order valence-corrected chi connectivity index (χ0v) is 14.2. The molecule has 6 nitrogen and oxygen atoms in total. The molecule has 1 aliphatic rings. The molecule has 1 atom stereocenters. The summed E-state index contributed by atoms with van der Waals surface area (Å²) in [5.74, 6) is 0.0511. The number of sulfonamides is 1. The van der Waals surface area contributed by atoms with Crippen molar-refractivity contribution in [1.82, 2.24) is 10.0 Å². The van der Waals surface area contributed by atoms with Crippen molar-refractivity contribution in [3.8, 4) is 0 Å². The topological polar surface area (TPSA) is 101 Å². The quantitative estimate of drug-likeness (QED) is 0.662. The molecule has 0 bridgehead atoms. The van der Waals surface area contributed by atoms with Gasteiger partial charge in [-0.25, -0.2) is 13.1 Å². The fourth-order valence-electron chi connectivity index (χ4n) is 1.80. The van der Waals surface area contributed by atoms with E-state index in [-0.39, 0.29) is 35.1 Å². The van der Waals surface area contributed by atoms with Gasteiger partial charge in [0.25, 0.3) is 10.0 Å². The van der Waals surface area contributed by atoms with Crippen LogP contribution in [0.2, 0.25) is 4.34 Å². The number of halogens is 2. The van der Waals surface area contributed by atoms with Crippen LogP contribution in [-0.4, -0.2) is 33.5 Å². The van der Waals surface area contributed by atoms with Gasteiger partial charge in [-0.15, -0.1) is 23.7 Å². The molecule has 4 N–H and O–H groups in total. The van der Waals surface area contributed by atoms with Crippen LogP contribution in [-0.2, 0) is 14.8 Å². The Morgan fingerprint density at radius 3 is 2.62 bits per heavy atom. The fraction of sp³-hybridized carbons (Fsp3) is 0.545. The monoisotopic (exact) mass is 373 g/mol. The second-order valence-electron chi connectivity index (χ2n) is 4.63. The molecule has 1 heterocycles. The Kier molecular flexibility index (Phi) is 6.89. The van der Waals surface area contributed by atoms with Gasteiger partial charge in [-0.05, 0) is 30.9 Å². The SMILES string of the molecule is Cl.NCC(NC(=O)CNS(=O)(=O)c1ccc(Cl)s1)C1CC1. The summed E-state index contributed by atoms with van der Waals surface area (Å²) in [6, 6.07) is 2.83. The minimum Gasteiger partial charge on any atom is -0.351 e. The van der Waals surface area contributed by atoms with Crippen LogP contribution in [0.15, 0.2) is 16.3 Å². The molecule has 1 aromatic rings. The van der Waals surface area contributed by atoms with Gasteiger partial charge in [0.15, 0.2) is 0 Å². The van der Waals surface area contributed by atoms with Crippen LogP contribution < -0.4 is 15.8 Å². The van der Waals surface area contributed by atoms with Gasteiger partial charge in [0.2, 0.25) is 5.91 Å². The largest absolute Gasteiger partial charge is 0.351 e. The van der Waals surface area contributed by atoms with Gasteiger partial charge in [0.05, 0.1) is 10.9 Å². The van der Waals surface area contributed by atoms with E-state index < -0.39 is 10.0 Å². The highest BCUT2D eigenvalue weighted by atomic mass is 35.5. The Labute approximate surface area is 138 Å². The second-order valence-corrected chi connectivity index (χ2v) is 8.34. The molecule has 1 aliphatic carbocycles. The lowest BCUT2D eigenvalue weighted by atomic mass is 10.2. The number of rotatable bonds is 7. The maximum atomic E-state index is 11.9. The average molecular weight is 374 g/mol. The number of hydrogen-bond donors (Lipinski definition) is 3. The van der Waals surface area contributed by atoms with E-state index in [0.717, 1.165) is 24.2 Å². The van der Waals surface area contributed by atoms with E-state index in [4.69, 9.17) is 17.3 Å². The van der Waals surface area contributed by atoms with Crippen molar-refractivity contribution in [3.05, 3.63) is 16.5 Å². The highest BCUT2D eigenvalue weighted by Gasteiger charge is 2.31. The Morgan fingerprint density at radius 1 is 1.48 bits per heavy atom. The Hall–Kier alpha value is -0.380. The van der Waals surface area contributed by atoms with Crippen LogP contribution in [0, 0.1) is 5.92 Å². The van der Waals surface area contributed by atoms with E-state index >= 15 is 0 Å². The van der Waals surface area contributed by atoms with E-state index in [2.05, 4.69) is 10.0 Å². The summed E-state index contributed by atoms with van der Waals surface area (Å²) in [5, 5.41) is 2.74. The maximum absolute atomic E-state index is 11.9. The van der Waals surface area contributed by atoms with Crippen molar-refractivity contribution in [2.45, 2.75) is 23.1 Å². The summed E-state index contributed by atoms with van der Waals surface area (Å²) < 4.78 is 26.5. The lowest BCUT2D eigenvalue weighted by molar-refractivity contribution is -0.120. The lowest BCUT2D eigenvalue weighted by Crippen LogP contribution is -2.46. The first-order valence-electron chi connectivity index (χ1n) is 6.17. The van der Waals surface area contributed by atoms with Gasteiger partial charge in [-0.3, -0.25) is 4.79 Å². The maximum Gasteiger partial charge on any atom is 0.250 e. The molecule has 0 aliphatic heterocycles. The molecule has 2 rings (SSSR count). The normalized spacial score (nSPS) is 16.1. The second kappa shape index (κ2) is 7.75. The first kappa shape index (κ1) is 18.7. The van der Waals surface area contributed by atoms with Crippen LogP contribution in [0.4, 0.5) is 0 Å². The van der Waals surface area contributed by atoms with Gasteiger partial charge in [0.1, 0.15) is 4.21 Å². The van der Waals surface area contributed by atoms with Gasteiger partial charge in [-0.2, -0.15) is 0 Å². The molecule has 1 unspecified atom stereocenters. The van der Waals surface area contributed by atoms with Crippen LogP contribution >= 0.6 is 35.3 Å². The highest BCUT2D eigenvalue weighted by Crippen LogP contribution is 2.32. The third-order valence-corrected chi connectivity index (χ3v) is 6.15. The first-order chi connectivity index (χ1) is 9.42. The fourth-order valence-corrected chi connectivity index (χ4v) is 4.31. The van der Waals surface area contributed by atoms with E-state index in [0.29, 0.717) is 16.8 Å². The molecule has 1 aromatic heterocycles. The molecule has 120 valence electrons. The number of nitrogens with two attached hydrogens (primary N) is 1. The minimum atomic E-state index is -3.69. The predicted molar refractivity (Wildman–Crippen MR) is 85.5 cm³/mol. The van der Waals surface area contributed by atoms with Gasteiger partial charge >= 0.3 is 0 Å². The van der Waals surface area contributed by atoms with Crippen LogP contribution in [0.25, 0.3) is 0 Å². The van der Waals surface area contributed by atoms with Crippen molar-refractivity contribution in [2.75, 3.05) is 13.1 Å². The van der Waals surface area contributed by atoms with E-state index in [9.17, 15) is 13.2 Å². The van der Waals surface area contributed by atoms with Crippen molar-refractivity contribution < 1.29 is 13.2 Å². The summed E-state index contributed by atoms with van der Waals surface area (Å²) >= 11 is 6.63. The third-order valence-electron chi connectivity index (χ3n) is 3.03. The summed E-state index contributed by atoms with van der Waals surface area (Å²) in [5.41, 5.74) is 5.57. The zero-order valence-electron chi connectivity index (χ0n) is 11.0.